The van der Waals surface area contributed by atoms with E-state index in [1.54, 1.807) is 24.5 Å². The molecule has 2 bridgehead atoms. The first-order chi connectivity index (χ1) is 16.6. The highest BCUT2D eigenvalue weighted by Crippen LogP contribution is 2.44. The maximum atomic E-state index is 14.4. The quantitative estimate of drug-likeness (QED) is 0.460. The summed E-state index contributed by atoms with van der Waals surface area (Å²) in [6.45, 7) is 3.20. The Kier molecular flexibility index (Phi) is 5.96. The van der Waals surface area contributed by atoms with Gasteiger partial charge in [-0.1, -0.05) is 17.7 Å². The number of allylic oxidation sites excluding steroid dienone is 1. The SMILES string of the molecule is COc1c(F)cccc1Nc1c2[nH]c3c1C(=O)NC[C@@H]3CC/C(C)=C/CCOc1cnccc1-2. The molecule has 1 amide bonds. The Morgan fingerprint density at radius 1 is 1.29 bits per heavy atom. The van der Waals surface area contributed by atoms with Crippen LogP contribution in [0.1, 0.15) is 48.2 Å². The van der Waals surface area contributed by atoms with Crippen molar-refractivity contribution in [1.29, 1.82) is 0 Å². The van der Waals surface area contributed by atoms with Crippen LogP contribution in [0.2, 0.25) is 0 Å². The summed E-state index contributed by atoms with van der Waals surface area (Å²) in [4.78, 5) is 20.9. The molecule has 2 aliphatic rings. The number of methoxy groups -OCH3 is 1. The van der Waals surface area contributed by atoms with Crippen molar-refractivity contribution in [2.24, 2.45) is 0 Å². The number of halogens is 1. The van der Waals surface area contributed by atoms with E-state index in [1.165, 1.54) is 18.7 Å². The van der Waals surface area contributed by atoms with E-state index in [2.05, 4.69) is 33.6 Å². The number of carbonyl (C=O) groups is 1. The van der Waals surface area contributed by atoms with Crippen molar-refractivity contribution in [3.8, 4) is 22.8 Å². The number of hydrogen-bond donors (Lipinski definition) is 3. The molecule has 0 unspecified atom stereocenters. The van der Waals surface area contributed by atoms with Crippen LogP contribution in [0, 0.1) is 5.82 Å². The third kappa shape index (κ3) is 4.00. The molecule has 7 nitrogen and oxygen atoms in total. The van der Waals surface area contributed by atoms with Gasteiger partial charge in [0, 0.05) is 29.9 Å². The summed E-state index contributed by atoms with van der Waals surface area (Å²) in [5.74, 6) is 0.141. The molecule has 0 aliphatic carbocycles. The van der Waals surface area contributed by atoms with E-state index in [1.807, 2.05) is 6.07 Å². The maximum Gasteiger partial charge on any atom is 0.255 e. The fourth-order valence-corrected chi connectivity index (χ4v) is 4.67. The zero-order valence-electron chi connectivity index (χ0n) is 19.2. The van der Waals surface area contributed by atoms with Gasteiger partial charge in [-0.2, -0.15) is 0 Å². The molecule has 2 aliphatic heterocycles. The van der Waals surface area contributed by atoms with Gasteiger partial charge in [-0.05, 0) is 44.4 Å². The fourth-order valence-electron chi connectivity index (χ4n) is 4.67. The van der Waals surface area contributed by atoms with Crippen molar-refractivity contribution in [3.05, 3.63) is 65.4 Å². The Hall–Kier alpha value is -3.81. The van der Waals surface area contributed by atoms with E-state index in [-0.39, 0.29) is 17.6 Å². The van der Waals surface area contributed by atoms with Crippen LogP contribution in [0.15, 0.2) is 48.3 Å². The molecule has 1 aromatic carbocycles. The normalized spacial score (nSPS) is 19.2. The molecule has 4 heterocycles. The molecule has 8 heteroatoms. The first-order valence-electron chi connectivity index (χ1n) is 11.4. The van der Waals surface area contributed by atoms with Crippen LogP contribution < -0.4 is 20.1 Å². The van der Waals surface area contributed by atoms with Crippen molar-refractivity contribution in [3.63, 3.8) is 0 Å². The van der Waals surface area contributed by atoms with E-state index in [4.69, 9.17) is 9.47 Å². The first-order valence-corrected chi connectivity index (χ1v) is 11.4. The van der Waals surface area contributed by atoms with E-state index < -0.39 is 5.82 Å². The van der Waals surface area contributed by atoms with E-state index in [9.17, 15) is 9.18 Å². The predicted octanol–water partition coefficient (Wildman–Crippen LogP) is 5.30. The number of anilines is 2. The Morgan fingerprint density at radius 2 is 2.18 bits per heavy atom. The van der Waals surface area contributed by atoms with Crippen LogP contribution in [0.3, 0.4) is 0 Å². The number of amides is 1. The Balaban J connectivity index is 1.72. The van der Waals surface area contributed by atoms with E-state index in [0.717, 1.165) is 30.5 Å². The lowest BCUT2D eigenvalue weighted by atomic mass is 9.90. The monoisotopic (exact) mass is 462 g/mol. The molecule has 0 spiro atoms. The highest BCUT2D eigenvalue weighted by atomic mass is 19.1. The third-order valence-corrected chi connectivity index (χ3v) is 6.41. The fraction of sp³-hybridized carbons (Fsp3) is 0.308. The van der Waals surface area contributed by atoms with Gasteiger partial charge in [-0.3, -0.25) is 9.78 Å². The Labute approximate surface area is 197 Å². The highest BCUT2D eigenvalue weighted by Gasteiger charge is 2.33. The van der Waals surface area contributed by atoms with Gasteiger partial charge in [0.1, 0.15) is 5.75 Å². The maximum absolute atomic E-state index is 14.4. The van der Waals surface area contributed by atoms with Crippen LogP contribution in [-0.2, 0) is 0 Å². The second-order valence-electron chi connectivity index (χ2n) is 8.61. The minimum Gasteiger partial charge on any atom is -0.492 e. The number of nitrogens with zero attached hydrogens (tertiary/aromatic N) is 1. The molecule has 2 aromatic heterocycles. The molecule has 0 saturated carbocycles. The summed E-state index contributed by atoms with van der Waals surface area (Å²) in [5.41, 5.74) is 5.14. The number of aromatic nitrogens is 2. The van der Waals surface area contributed by atoms with Gasteiger partial charge in [0.05, 0.1) is 42.5 Å². The number of pyridine rings is 1. The number of H-pyrrole nitrogens is 1. The van der Waals surface area contributed by atoms with Gasteiger partial charge in [0.25, 0.3) is 5.91 Å². The van der Waals surface area contributed by atoms with Gasteiger partial charge in [-0.25, -0.2) is 4.39 Å². The van der Waals surface area contributed by atoms with E-state index in [0.29, 0.717) is 41.5 Å². The summed E-state index contributed by atoms with van der Waals surface area (Å²) >= 11 is 0. The zero-order chi connectivity index (χ0) is 23.7. The number of ether oxygens (including phenoxy) is 2. The van der Waals surface area contributed by atoms with Gasteiger partial charge in [-0.15, -0.1) is 0 Å². The van der Waals surface area contributed by atoms with Crippen molar-refractivity contribution < 1.29 is 18.7 Å². The lowest BCUT2D eigenvalue weighted by molar-refractivity contribution is 0.0940. The third-order valence-electron chi connectivity index (χ3n) is 6.41. The molecule has 1 atom stereocenters. The summed E-state index contributed by atoms with van der Waals surface area (Å²) < 4.78 is 25.8. The average molecular weight is 463 g/mol. The van der Waals surface area contributed by atoms with Crippen LogP contribution >= 0.6 is 0 Å². The molecular formula is C26H27FN4O3. The predicted molar refractivity (Wildman–Crippen MR) is 128 cm³/mol. The van der Waals surface area contributed by atoms with Crippen molar-refractivity contribution in [2.75, 3.05) is 25.6 Å². The number of hydrogen-bond acceptors (Lipinski definition) is 5. The molecule has 34 heavy (non-hydrogen) atoms. The average Bonchev–Trinajstić information content (AvgIpc) is 3.21. The molecule has 0 saturated heterocycles. The Bertz CT molecular complexity index is 1270. The summed E-state index contributed by atoms with van der Waals surface area (Å²) in [6.07, 6.45) is 8.18. The number of benzene rings is 1. The summed E-state index contributed by atoms with van der Waals surface area (Å²) in [6, 6.07) is 6.52. The molecule has 0 radical (unpaired) electrons. The lowest BCUT2D eigenvalue weighted by Gasteiger charge is -2.24. The second kappa shape index (κ2) is 9.21. The minimum absolute atomic E-state index is 0.0811. The largest absolute Gasteiger partial charge is 0.492 e. The number of aromatic amines is 1. The molecule has 3 aromatic rings. The topological polar surface area (TPSA) is 88.3 Å². The van der Waals surface area contributed by atoms with E-state index >= 15 is 0 Å². The molecule has 5 rings (SSSR count). The highest BCUT2D eigenvalue weighted by molar-refractivity contribution is 6.07. The second-order valence-corrected chi connectivity index (χ2v) is 8.61. The molecular weight excluding hydrogens is 435 g/mol. The van der Waals surface area contributed by atoms with Gasteiger partial charge < -0.3 is 25.1 Å². The number of rotatable bonds is 3. The van der Waals surface area contributed by atoms with Gasteiger partial charge in [0.2, 0.25) is 0 Å². The van der Waals surface area contributed by atoms with Gasteiger partial charge in [0.15, 0.2) is 11.6 Å². The first kappa shape index (κ1) is 22.0. The number of carbonyl (C=O) groups excluding carboxylic acids is 1. The molecule has 176 valence electrons. The van der Waals surface area contributed by atoms with Crippen molar-refractivity contribution in [1.82, 2.24) is 15.3 Å². The summed E-state index contributed by atoms with van der Waals surface area (Å²) in [5, 5.41) is 6.33. The van der Waals surface area contributed by atoms with Crippen molar-refractivity contribution in [2.45, 2.75) is 32.1 Å². The number of para-hydroxylation sites is 1. The van der Waals surface area contributed by atoms with Crippen LogP contribution in [-0.4, -0.2) is 36.1 Å². The lowest BCUT2D eigenvalue weighted by Crippen LogP contribution is -2.35. The summed E-state index contributed by atoms with van der Waals surface area (Å²) in [7, 11) is 1.42. The number of fused-ring (bicyclic) bond motifs is 3. The van der Waals surface area contributed by atoms with Crippen LogP contribution in [0.4, 0.5) is 15.8 Å². The van der Waals surface area contributed by atoms with Gasteiger partial charge >= 0.3 is 0 Å². The molecule has 3 N–H and O–H groups in total. The zero-order valence-corrected chi connectivity index (χ0v) is 19.2. The standard InChI is InChI=1S/C26H27FN4O3/c1-15-5-4-12-34-20-14-28-11-10-17(20)23-24(30-19-7-3-6-18(27)25(19)33-2)21-22(31-23)16(9-8-15)13-29-26(21)32/h3,5-7,10-11,14,16,30-31H,4,8-9,12-13H2,1-2H3,(H,29,32)/b15-5+/t16-/m0/s1. The minimum atomic E-state index is -0.488. The van der Waals surface area contributed by atoms with Crippen LogP contribution in [0.5, 0.6) is 11.5 Å². The molecule has 0 fully saturated rings. The Morgan fingerprint density at radius 3 is 3.03 bits per heavy atom. The number of nitrogens with one attached hydrogen (secondary N) is 3. The van der Waals surface area contributed by atoms with Crippen LogP contribution in [0.25, 0.3) is 11.3 Å². The smallest absolute Gasteiger partial charge is 0.255 e. The van der Waals surface area contributed by atoms with Crippen molar-refractivity contribution >= 4 is 17.3 Å².